The molecule has 0 fully saturated rings. The Labute approximate surface area is 107 Å². The third-order valence-corrected chi connectivity index (χ3v) is 3.55. The van der Waals surface area contributed by atoms with Gasteiger partial charge >= 0.3 is 5.97 Å². The number of hydrogen-bond acceptors (Lipinski definition) is 4. The number of aliphatic carboxylic acids is 1. The molecule has 1 amide bonds. The number of carboxylic acid groups (broad SMARTS) is 1. The zero-order valence-electron chi connectivity index (χ0n) is 9.29. The minimum Gasteiger partial charge on any atom is -0.480 e. The van der Waals surface area contributed by atoms with E-state index in [2.05, 4.69) is 5.32 Å². The number of fused-ring (bicyclic) bond motifs is 1. The molecular formula is C12H11NO4S. The number of carboxylic acids is 1. The fraction of sp³-hybridized carbons (Fsp3) is 0.167. The van der Waals surface area contributed by atoms with Crippen molar-refractivity contribution in [2.75, 3.05) is 6.61 Å². The highest BCUT2D eigenvalue weighted by Gasteiger charge is 2.20. The molecular weight excluding hydrogens is 254 g/mol. The van der Waals surface area contributed by atoms with Crippen molar-refractivity contribution in [2.45, 2.75) is 6.04 Å². The van der Waals surface area contributed by atoms with Gasteiger partial charge in [0.25, 0.3) is 5.91 Å². The number of benzene rings is 1. The lowest BCUT2D eigenvalue weighted by molar-refractivity contribution is -0.140. The number of rotatable bonds is 4. The van der Waals surface area contributed by atoms with E-state index < -0.39 is 24.5 Å². The summed E-state index contributed by atoms with van der Waals surface area (Å²) >= 11 is 1.28. The SMILES string of the molecule is O=C(N[C@H](CO)C(=O)O)c1cc2ccccc2s1. The second-order valence-electron chi connectivity index (χ2n) is 3.70. The molecule has 0 radical (unpaired) electrons. The number of aliphatic hydroxyl groups is 1. The number of nitrogens with one attached hydrogen (secondary N) is 1. The highest BCUT2D eigenvalue weighted by Crippen LogP contribution is 2.25. The molecule has 0 saturated carbocycles. The van der Waals surface area contributed by atoms with Gasteiger partial charge in [0.2, 0.25) is 0 Å². The predicted molar refractivity (Wildman–Crippen MR) is 67.8 cm³/mol. The number of thiophene rings is 1. The third kappa shape index (κ3) is 2.49. The predicted octanol–water partition coefficient (Wildman–Crippen LogP) is 1.08. The van der Waals surface area contributed by atoms with E-state index in [0.717, 1.165) is 10.1 Å². The summed E-state index contributed by atoms with van der Waals surface area (Å²) in [5.41, 5.74) is 0. The molecule has 2 aromatic rings. The van der Waals surface area contributed by atoms with E-state index in [1.165, 1.54) is 11.3 Å². The molecule has 18 heavy (non-hydrogen) atoms. The molecule has 5 nitrogen and oxygen atoms in total. The van der Waals surface area contributed by atoms with E-state index in [1.807, 2.05) is 24.3 Å². The Bertz CT molecular complexity index is 560. The molecule has 0 aliphatic rings. The van der Waals surface area contributed by atoms with E-state index in [-0.39, 0.29) is 0 Å². The fourth-order valence-electron chi connectivity index (χ4n) is 1.51. The summed E-state index contributed by atoms with van der Waals surface area (Å²) in [4.78, 5) is 22.9. The first kappa shape index (κ1) is 12.5. The number of amides is 1. The lowest BCUT2D eigenvalue weighted by Crippen LogP contribution is -2.43. The maximum absolute atomic E-state index is 11.8. The first-order valence-electron chi connectivity index (χ1n) is 5.25. The van der Waals surface area contributed by atoms with Gasteiger partial charge in [-0.15, -0.1) is 11.3 Å². The quantitative estimate of drug-likeness (QED) is 0.772. The van der Waals surface area contributed by atoms with Gasteiger partial charge in [-0.3, -0.25) is 4.79 Å². The van der Waals surface area contributed by atoms with Crippen molar-refractivity contribution in [1.82, 2.24) is 5.32 Å². The second kappa shape index (κ2) is 5.16. The van der Waals surface area contributed by atoms with Crippen LogP contribution in [0.2, 0.25) is 0 Å². The summed E-state index contributed by atoms with van der Waals surface area (Å²) in [6.45, 7) is -0.633. The minimum atomic E-state index is -1.28. The topological polar surface area (TPSA) is 86.6 Å². The summed E-state index contributed by atoms with van der Waals surface area (Å²) in [5.74, 6) is -1.75. The molecule has 0 spiro atoms. The summed E-state index contributed by atoms with van der Waals surface area (Å²) in [6, 6.07) is 7.92. The van der Waals surface area contributed by atoms with Gasteiger partial charge in [0, 0.05) is 4.70 Å². The van der Waals surface area contributed by atoms with Crippen LogP contribution in [0.3, 0.4) is 0 Å². The summed E-state index contributed by atoms with van der Waals surface area (Å²) < 4.78 is 0.957. The van der Waals surface area contributed by atoms with Gasteiger partial charge in [-0.25, -0.2) is 4.79 Å². The average Bonchev–Trinajstić information content (AvgIpc) is 2.79. The molecule has 94 valence electrons. The second-order valence-corrected chi connectivity index (χ2v) is 4.78. The number of carbonyl (C=O) groups excluding carboxylic acids is 1. The van der Waals surface area contributed by atoms with E-state index in [0.29, 0.717) is 4.88 Å². The summed E-state index contributed by atoms with van der Waals surface area (Å²) in [7, 11) is 0. The van der Waals surface area contributed by atoms with Crippen LogP contribution in [-0.4, -0.2) is 34.7 Å². The van der Waals surface area contributed by atoms with E-state index in [4.69, 9.17) is 10.2 Å². The number of carbonyl (C=O) groups is 2. The van der Waals surface area contributed by atoms with Crippen LogP contribution >= 0.6 is 11.3 Å². The van der Waals surface area contributed by atoms with E-state index in [1.54, 1.807) is 6.07 Å². The zero-order chi connectivity index (χ0) is 13.1. The molecule has 0 unspecified atom stereocenters. The molecule has 1 atom stereocenters. The van der Waals surface area contributed by atoms with Gasteiger partial charge in [0.1, 0.15) is 0 Å². The summed E-state index contributed by atoms with van der Waals surface area (Å²) in [5, 5.41) is 20.8. The molecule has 3 N–H and O–H groups in total. The average molecular weight is 265 g/mol. The molecule has 1 aromatic carbocycles. The van der Waals surface area contributed by atoms with Crippen LogP contribution in [0, 0.1) is 0 Å². The lowest BCUT2D eigenvalue weighted by atomic mass is 10.2. The minimum absolute atomic E-state index is 0.427. The standard InChI is InChI=1S/C12H11NO4S/c14-6-8(12(16)17)13-11(15)10-5-7-3-1-2-4-9(7)18-10/h1-5,8,14H,6H2,(H,13,15)(H,16,17)/t8-/m1/s1. The van der Waals surface area contributed by atoms with Gasteiger partial charge in [0.15, 0.2) is 6.04 Å². The van der Waals surface area contributed by atoms with Crippen LogP contribution in [0.4, 0.5) is 0 Å². The highest BCUT2D eigenvalue weighted by atomic mass is 32.1. The van der Waals surface area contributed by atoms with Crippen LogP contribution in [0.5, 0.6) is 0 Å². The Morgan fingerprint density at radius 2 is 2.06 bits per heavy atom. The van der Waals surface area contributed by atoms with E-state index in [9.17, 15) is 9.59 Å². The molecule has 1 aromatic heterocycles. The third-order valence-electron chi connectivity index (χ3n) is 2.44. The highest BCUT2D eigenvalue weighted by molar-refractivity contribution is 7.20. The first-order chi connectivity index (χ1) is 8.61. The van der Waals surface area contributed by atoms with Gasteiger partial charge in [-0.05, 0) is 17.5 Å². The fourth-order valence-corrected chi connectivity index (χ4v) is 2.47. The maximum atomic E-state index is 11.8. The largest absolute Gasteiger partial charge is 0.480 e. The Balaban J connectivity index is 2.20. The van der Waals surface area contributed by atoms with Gasteiger partial charge in [-0.2, -0.15) is 0 Å². The number of hydrogen-bond donors (Lipinski definition) is 3. The van der Waals surface area contributed by atoms with Gasteiger partial charge in [-0.1, -0.05) is 18.2 Å². The molecule has 0 bridgehead atoms. The molecule has 2 rings (SSSR count). The van der Waals surface area contributed by atoms with Crippen LogP contribution in [-0.2, 0) is 4.79 Å². The van der Waals surface area contributed by atoms with Gasteiger partial charge in [0.05, 0.1) is 11.5 Å². The van der Waals surface area contributed by atoms with Crippen molar-refractivity contribution in [2.24, 2.45) is 0 Å². The van der Waals surface area contributed by atoms with Crippen LogP contribution in [0.15, 0.2) is 30.3 Å². The first-order valence-corrected chi connectivity index (χ1v) is 6.06. The van der Waals surface area contributed by atoms with Crippen molar-refractivity contribution >= 4 is 33.3 Å². The van der Waals surface area contributed by atoms with Crippen molar-refractivity contribution in [3.63, 3.8) is 0 Å². The molecule has 0 aliphatic heterocycles. The lowest BCUT2D eigenvalue weighted by Gasteiger charge is -2.10. The Morgan fingerprint density at radius 1 is 1.33 bits per heavy atom. The number of aliphatic hydroxyl groups excluding tert-OH is 1. The molecule has 6 heteroatoms. The Morgan fingerprint density at radius 3 is 2.67 bits per heavy atom. The van der Waals surface area contributed by atoms with Crippen LogP contribution < -0.4 is 5.32 Å². The monoisotopic (exact) mass is 265 g/mol. The van der Waals surface area contributed by atoms with Crippen molar-refractivity contribution < 1.29 is 19.8 Å². The maximum Gasteiger partial charge on any atom is 0.328 e. The van der Waals surface area contributed by atoms with Crippen molar-refractivity contribution in [3.8, 4) is 0 Å². The van der Waals surface area contributed by atoms with Crippen LogP contribution in [0.1, 0.15) is 9.67 Å². The Kier molecular flexibility index (Phi) is 3.59. The van der Waals surface area contributed by atoms with Crippen LogP contribution in [0.25, 0.3) is 10.1 Å². The van der Waals surface area contributed by atoms with Crippen molar-refractivity contribution in [3.05, 3.63) is 35.2 Å². The smallest absolute Gasteiger partial charge is 0.328 e. The normalized spacial score (nSPS) is 12.3. The Hall–Kier alpha value is -1.92. The molecule has 0 aliphatic carbocycles. The summed E-state index contributed by atoms with van der Waals surface area (Å²) in [6.07, 6.45) is 0. The van der Waals surface area contributed by atoms with E-state index >= 15 is 0 Å². The molecule has 0 saturated heterocycles. The molecule has 1 heterocycles. The van der Waals surface area contributed by atoms with Gasteiger partial charge < -0.3 is 15.5 Å². The zero-order valence-corrected chi connectivity index (χ0v) is 10.1. The van der Waals surface area contributed by atoms with Crippen molar-refractivity contribution in [1.29, 1.82) is 0 Å².